The van der Waals surface area contributed by atoms with Gasteiger partial charge in [0.1, 0.15) is 92.5 Å². The first-order chi connectivity index (χ1) is 72.0. The number of esters is 14. The summed E-state index contributed by atoms with van der Waals surface area (Å²) in [5.74, 6) is -13.5. The van der Waals surface area contributed by atoms with Crippen LogP contribution in [0.5, 0.6) is 0 Å². The van der Waals surface area contributed by atoms with Crippen molar-refractivity contribution in [1.82, 2.24) is 0 Å². The Morgan fingerprint density at radius 1 is 0.122 bits per heavy atom. The van der Waals surface area contributed by atoms with E-state index >= 15 is 0 Å². The zero-order chi connectivity index (χ0) is 103. The largest absolute Gasteiger partial charge is 0.457 e. The summed E-state index contributed by atoms with van der Waals surface area (Å²) in [6, 6.07) is 96.7. The molecule has 0 bridgehead atoms. The Hall–Kier alpha value is -19.2. The van der Waals surface area contributed by atoms with Gasteiger partial charge in [-0.25, -0.2) is 67.1 Å². The van der Waals surface area contributed by atoms with Gasteiger partial charge < -0.3 is 71.4 Å². The minimum Gasteiger partial charge on any atom is -0.457 e. The van der Waals surface area contributed by atoms with Crippen LogP contribution in [0.2, 0.25) is 0 Å². The number of aliphatic hydroxyl groups is 1. The van der Waals surface area contributed by atoms with Crippen LogP contribution in [0.1, 0.15) is 228 Å². The monoisotopic (exact) mass is 1980 g/mol. The molecule has 15 aromatic rings. The van der Waals surface area contributed by atoms with Gasteiger partial charge in [-0.15, -0.1) is 0 Å². The maximum atomic E-state index is 14.7. The topological polar surface area (TPSA) is 388 Å². The molecule has 0 saturated carbocycles. The molecule has 0 radical (unpaired) electrons. The van der Waals surface area contributed by atoms with E-state index in [1.807, 2.05) is 0 Å². The average Bonchev–Trinajstić information content (AvgIpc) is 0.816. The lowest BCUT2D eigenvalue weighted by atomic mass is 10.0. The molecule has 15 rings (SSSR count). The summed E-state index contributed by atoms with van der Waals surface area (Å²) < 4.78 is 80.3. The molecule has 0 aromatic heterocycles. The second-order valence-electron chi connectivity index (χ2n) is 33.5. The highest BCUT2D eigenvalue weighted by Gasteiger charge is 2.28. The Morgan fingerprint density at radius 3 is 0.304 bits per heavy atom. The number of benzene rings is 15. The van der Waals surface area contributed by atoms with Crippen LogP contribution in [0, 0.1) is 0 Å². The van der Waals surface area contributed by atoms with Gasteiger partial charge in [-0.3, -0.25) is 0 Å². The predicted molar refractivity (Wildman–Crippen MR) is 530 cm³/mol. The predicted octanol–water partition coefficient (Wildman–Crippen LogP) is 20.2. The van der Waals surface area contributed by atoms with Crippen molar-refractivity contribution < 1.29 is 139 Å². The van der Waals surface area contributed by atoms with Crippen LogP contribution >= 0.6 is 0 Å². The molecule has 0 unspecified atom stereocenters. The lowest BCUT2D eigenvalue weighted by Crippen LogP contribution is -2.14. The van der Waals surface area contributed by atoms with Gasteiger partial charge in [0.2, 0.25) is 0 Å². The van der Waals surface area contributed by atoms with Gasteiger partial charge in [0.25, 0.3) is 0 Å². The van der Waals surface area contributed by atoms with Gasteiger partial charge in [0, 0.05) is 0 Å². The number of hydrogen-bond acceptors (Lipinski definition) is 29. The number of hydrogen-bond donors (Lipinski definition) is 1. The maximum absolute atomic E-state index is 14.7. The lowest BCUT2D eigenvalue weighted by molar-refractivity contribution is 0.0437. The minimum absolute atomic E-state index is 0.0285. The highest BCUT2D eigenvalue weighted by molar-refractivity contribution is 6.02. The summed E-state index contributed by atoms with van der Waals surface area (Å²) in [5, 5.41) is 10.7. The second kappa shape index (κ2) is 51.5. The molecule has 742 valence electrons. The van der Waals surface area contributed by atoms with Crippen LogP contribution in [0.25, 0.3) is 0 Å². The van der Waals surface area contributed by atoms with Crippen molar-refractivity contribution in [3.05, 3.63) is 531 Å². The SMILES string of the molecule is O=C(OCc1cc(C(=O)OCc2cc(C(=O)OCc3ccccc3)cc(C(=O)OCc3ccccc3)c2)cc(C(=O)OCc2cc(C(=O)OCc3ccccc3)cc(C(=O)OCc3ccccc3)c2)c1)c1cc(CO)cc(C(=O)OCc2cc(C(=O)OCc3cc(C(=O)OCc4ccccc4)cc(C(=O)OCc4ccccc4)c3)cc(C(=O)OCc3cc(C(=O)OCc4ccccc4)cc(C(=O)OCc4ccccc4)c3)c2)c1. The minimum atomic E-state index is -1.15. The third-order valence-electron chi connectivity index (χ3n) is 22.4. The van der Waals surface area contributed by atoms with E-state index in [0.29, 0.717) is 44.5 Å². The van der Waals surface area contributed by atoms with Crippen molar-refractivity contribution in [3.63, 3.8) is 0 Å². The van der Waals surface area contributed by atoms with Crippen LogP contribution in [0.15, 0.2) is 370 Å². The zero-order valence-corrected chi connectivity index (χ0v) is 79.2. The van der Waals surface area contributed by atoms with E-state index in [-0.39, 0.29) is 170 Å². The molecule has 0 spiro atoms. The molecular formula is C119H92O29. The van der Waals surface area contributed by atoms with Crippen LogP contribution in [0.4, 0.5) is 0 Å². The van der Waals surface area contributed by atoms with E-state index in [9.17, 15) is 72.2 Å². The third kappa shape index (κ3) is 30.4. The van der Waals surface area contributed by atoms with Crippen molar-refractivity contribution in [2.75, 3.05) is 0 Å². The van der Waals surface area contributed by atoms with Gasteiger partial charge in [0.05, 0.1) is 84.5 Å². The highest BCUT2D eigenvalue weighted by atomic mass is 16.6. The Balaban J connectivity index is 0.699. The van der Waals surface area contributed by atoms with Gasteiger partial charge >= 0.3 is 83.6 Å². The first-order valence-corrected chi connectivity index (χ1v) is 46.3. The summed E-state index contributed by atoms with van der Waals surface area (Å²) in [6.07, 6.45) is 0. The summed E-state index contributed by atoms with van der Waals surface area (Å²) in [7, 11) is 0. The fourth-order valence-electron chi connectivity index (χ4n) is 14.9. The zero-order valence-electron chi connectivity index (χ0n) is 79.2. The Bertz CT molecular complexity index is 6240. The third-order valence-corrected chi connectivity index (χ3v) is 22.4. The van der Waals surface area contributed by atoms with Gasteiger partial charge in [-0.2, -0.15) is 0 Å². The van der Waals surface area contributed by atoms with Crippen molar-refractivity contribution in [2.24, 2.45) is 0 Å². The quantitative estimate of drug-likeness (QED) is 0.0274. The van der Waals surface area contributed by atoms with E-state index in [1.165, 1.54) is 109 Å². The molecule has 0 aliphatic heterocycles. The van der Waals surface area contributed by atoms with Crippen LogP contribution < -0.4 is 0 Å². The molecule has 29 heteroatoms. The standard InChI is InChI=1S/C119H92O29/c120-62-85-41-92(106(121)143-71-90-51-102(116(131)145-73-86-43-94(108(123)135-63-77-25-9-1-10-26-77)56-95(44-86)109(124)136-64-78-27-11-2-12-28-78)60-103(52-90)117(132)146-74-87-45-96(110(125)137-65-79-29-13-3-14-30-79)57-97(46-87)111(126)138-66-80-31-15-4-16-32-80)55-93(42-85)107(122)144-72-91-53-104(118(133)147-75-88-47-98(112(127)139-67-81-33-17-5-18-34-81)58-99(48-88)113(128)140-68-82-35-19-6-20-36-82)61-105(54-91)119(134)148-76-89-49-100(114(129)141-69-83-37-21-7-22-38-83)59-101(50-89)115(130)142-70-84-39-23-8-24-40-84/h1-61,120H,62-76H2. The van der Waals surface area contributed by atoms with Crippen LogP contribution in [-0.2, 0) is 165 Å². The molecule has 0 saturated heterocycles. The molecule has 1 N–H and O–H groups in total. The highest BCUT2D eigenvalue weighted by Crippen LogP contribution is 2.28. The number of ether oxygens (including phenoxy) is 14. The number of rotatable bonds is 43. The first kappa shape index (κ1) is 103. The van der Waals surface area contributed by atoms with Crippen molar-refractivity contribution in [1.29, 1.82) is 0 Å². The Labute approximate surface area is 847 Å². The molecular weight excluding hydrogens is 1890 g/mol. The summed E-state index contributed by atoms with van der Waals surface area (Å²) >= 11 is 0. The van der Waals surface area contributed by atoms with Gasteiger partial charge in [0.15, 0.2) is 0 Å². The van der Waals surface area contributed by atoms with E-state index in [0.717, 1.165) is 18.2 Å². The first-order valence-electron chi connectivity index (χ1n) is 46.3. The Kier molecular flexibility index (Phi) is 35.9. The molecule has 0 atom stereocenters. The number of carbonyl (C=O) groups is 14. The normalized spacial score (nSPS) is 10.7. The van der Waals surface area contributed by atoms with Gasteiger partial charge in [-0.05, 0) is 211 Å². The maximum Gasteiger partial charge on any atom is 0.338 e. The number of carbonyl (C=O) groups excluding carboxylic acids is 14. The molecule has 0 fully saturated rings. The fraction of sp³-hybridized carbons (Fsp3) is 0.126. The second-order valence-corrected chi connectivity index (χ2v) is 33.5. The van der Waals surface area contributed by atoms with E-state index in [2.05, 4.69) is 0 Å². The summed E-state index contributed by atoms with van der Waals surface area (Å²) in [5.41, 5.74) is 2.53. The molecule has 0 heterocycles. The van der Waals surface area contributed by atoms with Crippen molar-refractivity contribution in [2.45, 2.75) is 99.1 Å². The van der Waals surface area contributed by atoms with Crippen LogP contribution in [-0.4, -0.2) is 88.7 Å². The molecule has 15 aromatic carbocycles. The molecule has 0 aliphatic carbocycles. The van der Waals surface area contributed by atoms with E-state index < -0.39 is 130 Å². The van der Waals surface area contributed by atoms with Crippen molar-refractivity contribution in [3.8, 4) is 0 Å². The summed E-state index contributed by atoms with van der Waals surface area (Å²) in [6.45, 7) is -5.91. The molecule has 29 nitrogen and oxygen atoms in total. The van der Waals surface area contributed by atoms with Crippen LogP contribution in [0.3, 0.4) is 0 Å². The van der Waals surface area contributed by atoms with E-state index in [1.54, 1.807) is 243 Å². The van der Waals surface area contributed by atoms with E-state index in [4.69, 9.17) is 66.3 Å². The number of aliphatic hydroxyl groups excluding tert-OH is 1. The molecule has 0 amide bonds. The average molecular weight is 1990 g/mol. The Morgan fingerprint density at radius 2 is 0.209 bits per heavy atom. The summed E-state index contributed by atoms with van der Waals surface area (Å²) in [4.78, 5) is 198. The smallest absolute Gasteiger partial charge is 0.338 e. The fourth-order valence-corrected chi connectivity index (χ4v) is 14.9. The molecule has 148 heavy (non-hydrogen) atoms. The van der Waals surface area contributed by atoms with Crippen molar-refractivity contribution >= 4 is 83.6 Å². The van der Waals surface area contributed by atoms with Gasteiger partial charge in [-0.1, -0.05) is 243 Å². The lowest BCUT2D eigenvalue weighted by Gasteiger charge is -2.14. The molecule has 0 aliphatic rings.